The van der Waals surface area contributed by atoms with Gasteiger partial charge in [-0.3, -0.25) is 4.79 Å². The summed E-state index contributed by atoms with van der Waals surface area (Å²) in [5.41, 5.74) is 5.82. The minimum Gasteiger partial charge on any atom is -0.494 e. The topological polar surface area (TPSA) is 67.0 Å². The number of benzene rings is 2. The molecule has 1 heterocycles. The Hall–Kier alpha value is -3.78. The highest BCUT2D eigenvalue weighted by molar-refractivity contribution is 6.09. The number of carbonyl (C=O) groups excluding carboxylic acids is 1. The van der Waals surface area contributed by atoms with Crippen molar-refractivity contribution in [1.82, 2.24) is 4.57 Å². The first-order valence-corrected chi connectivity index (χ1v) is 10.4. The highest BCUT2D eigenvalue weighted by atomic mass is 16.5. The second kappa shape index (κ2) is 9.82. The number of nitrogens with one attached hydrogen (secondary N) is 1. The highest BCUT2D eigenvalue weighted by Gasteiger charge is 2.14. The number of nitriles is 1. The third-order valence-corrected chi connectivity index (χ3v) is 5.14. The number of hydrogen-bond acceptors (Lipinski definition) is 3. The molecule has 31 heavy (non-hydrogen) atoms. The molecular weight excluding hydrogens is 386 g/mol. The number of aryl methyl sites for hydroxylation is 2. The molecule has 3 rings (SSSR count). The maximum Gasteiger partial charge on any atom is 0.266 e. The van der Waals surface area contributed by atoms with Crippen molar-refractivity contribution in [3.63, 3.8) is 0 Å². The van der Waals surface area contributed by atoms with E-state index in [0.717, 1.165) is 29.1 Å². The summed E-state index contributed by atoms with van der Waals surface area (Å²) in [5, 5.41) is 12.4. The van der Waals surface area contributed by atoms with Crippen LogP contribution in [0.3, 0.4) is 0 Å². The van der Waals surface area contributed by atoms with E-state index in [0.29, 0.717) is 18.0 Å². The molecule has 0 atom stereocenters. The SMILES string of the molecule is CCOc1cccc(NC(=O)/C(C#N)=C\c2cc(C)n(-c3ccc(CC)cc3)c2C)c1. The van der Waals surface area contributed by atoms with Gasteiger partial charge in [-0.25, -0.2) is 0 Å². The van der Waals surface area contributed by atoms with E-state index in [1.807, 2.05) is 39.0 Å². The van der Waals surface area contributed by atoms with Crippen molar-refractivity contribution >= 4 is 17.7 Å². The van der Waals surface area contributed by atoms with Gasteiger partial charge in [0, 0.05) is 28.8 Å². The van der Waals surface area contributed by atoms with Gasteiger partial charge in [-0.1, -0.05) is 25.1 Å². The third-order valence-electron chi connectivity index (χ3n) is 5.14. The molecule has 3 aromatic rings. The quantitative estimate of drug-likeness (QED) is 0.405. The van der Waals surface area contributed by atoms with Crippen LogP contribution in [-0.2, 0) is 11.2 Å². The highest BCUT2D eigenvalue weighted by Crippen LogP contribution is 2.24. The maximum absolute atomic E-state index is 12.7. The van der Waals surface area contributed by atoms with Crippen LogP contribution in [0.15, 0.2) is 60.2 Å². The standard InChI is InChI=1S/C26H27N3O2/c1-5-20-10-12-24(13-11-20)29-18(3)14-21(19(29)4)15-22(17-27)26(30)28-23-8-7-9-25(16-23)31-6-2/h7-16H,5-6H2,1-4H3,(H,28,30)/b22-15-. The summed E-state index contributed by atoms with van der Waals surface area (Å²) in [5.74, 6) is 0.216. The number of aromatic nitrogens is 1. The van der Waals surface area contributed by atoms with Gasteiger partial charge in [0.2, 0.25) is 0 Å². The molecule has 0 radical (unpaired) electrons. The van der Waals surface area contributed by atoms with Gasteiger partial charge in [0.1, 0.15) is 17.4 Å². The lowest BCUT2D eigenvalue weighted by Crippen LogP contribution is -2.13. The van der Waals surface area contributed by atoms with E-state index in [4.69, 9.17) is 4.74 Å². The number of nitrogens with zero attached hydrogens (tertiary/aromatic N) is 2. The number of anilines is 1. The monoisotopic (exact) mass is 413 g/mol. The molecule has 5 nitrogen and oxygen atoms in total. The van der Waals surface area contributed by atoms with Crippen LogP contribution >= 0.6 is 0 Å². The average molecular weight is 414 g/mol. The zero-order valence-electron chi connectivity index (χ0n) is 18.4. The summed E-state index contributed by atoms with van der Waals surface area (Å²) in [7, 11) is 0. The zero-order chi connectivity index (χ0) is 22.4. The third kappa shape index (κ3) is 5.04. The largest absolute Gasteiger partial charge is 0.494 e. The number of carbonyl (C=O) groups is 1. The van der Waals surface area contributed by atoms with Crippen molar-refractivity contribution in [1.29, 1.82) is 5.26 Å². The summed E-state index contributed by atoms with van der Waals surface area (Å²) in [6.45, 7) is 8.58. The normalized spacial score (nSPS) is 11.1. The van der Waals surface area contributed by atoms with E-state index < -0.39 is 5.91 Å². The lowest BCUT2D eigenvalue weighted by atomic mass is 10.1. The number of rotatable bonds is 7. The molecule has 0 bridgehead atoms. The fraction of sp³-hybridized carbons (Fsp3) is 0.231. The van der Waals surface area contributed by atoms with Gasteiger partial charge >= 0.3 is 0 Å². The molecule has 1 aromatic heterocycles. The van der Waals surface area contributed by atoms with Crippen LogP contribution in [-0.4, -0.2) is 17.1 Å². The van der Waals surface area contributed by atoms with Crippen LogP contribution in [0.25, 0.3) is 11.8 Å². The predicted molar refractivity (Wildman–Crippen MR) is 124 cm³/mol. The van der Waals surface area contributed by atoms with Crippen LogP contribution in [0.4, 0.5) is 5.69 Å². The minimum atomic E-state index is -0.451. The summed E-state index contributed by atoms with van der Waals surface area (Å²) in [6.07, 6.45) is 2.63. The molecule has 0 fully saturated rings. The van der Waals surface area contributed by atoms with E-state index in [1.165, 1.54) is 5.56 Å². The molecule has 0 saturated heterocycles. The smallest absolute Gasteiger partial charge is 0.266 e. The lowest BCUT2D eigenvalue weighted by molar-refractivity contribution is -0.112. The number of amides is 1. The first kappa shape index (κ1) is 21.9. The molecule has 0 unspecified atom stereocenters. The van der Waals surface area contributed by atoms with Crippen LogP contribution in [0.5, 0.6) is 5.75 Å². The lowest BCUT2D eigenvalue weighted by Gasteiger charge is -2.10. The van der Waals surface area contributed by atoms with Gasteiger partial charge in [-0.05, 0) is 74.7 Å². The zero-order valence-corrected chi connectivity index (χ0v) is 18.4. The van der Waals surface area contributed by atoms with Crippen molar-refractivity contribution in [2.75, 3.05) is 11.9 Å². The Kier molecular flexibility index (Phi) is 6.94. The van der Waals surface area contributed by atoms with Gasteiger partial charge in [-0.2, -0.15) is 5.26 Å². The molecular formula is C26H27N3O2. The van der Waals surface area contributed by atoms with Crippen LogP contribution in [0, 0.1) is 25.2 Å². The summed E-state index contributed by atoms with van der Waals surface area (Å²) >= 11 is 0. The fourth-order valence-corrected chi connectivity index (χ4v) is 3.54. The van der Waals surface area contributed by atoms with Gasteiger partial charge in [0.15, 0.2) is 0 Å². The Morgan fingerprint density at radius 3 is 2.52 bits per heavy atom. The molecule has 0 aliphatic heterocycles. The van der Waals surface area contributed by atoms with E-state index in [-0.39, 0.29) is 5.57 Å². The van der Waals surface area contributed by atoms with E-state index in [2.05, 4.69) is 41.1 Å². The van der Waals surface area contributed by atoms with Crippen molar-refractivity contribution in [2.24, 2.45) is 0 Å². The summed E-state index contributed by atoms with van der Waals surface area (Å²) in [4.78, 5) is 12.7. The van der Waals surface area contributed by atoms with Gasteiger partial charge in [-0.15, -0.1) is 0 Å². The van der Waals surface area contributed by atoms with E-state index in [9.17, 15) is 10.1 Å². The number of hydrogen-bond donors (Lipinski definition) is 1. The van der Waals surface area contributed by atoms with Gasteiger partial charge < -0.3 is 14.6 Å². The van der Waals surface area contributed by atoms with Crippen LogP contribution in [0.2, 0.25) is 0 Å². The van der Waals surface area contributed by atoms with Gasteiger partial charge in [0.05, 0.1) is 6.61 Å². The molecule has 5 heteroatoms. The molecule has 0 spiro atoms. The van der Waals surface area contributed by atoms with Crippen molar-refractivity contribution in [3.8, 4) is 17.5 Å². The number of ether oxygens (including phenoxy) is 1. The predicted octanol–water partition coefficient (Wildman–Crippen LogP) is 5.60. The van der Waals surface area contributed by atoms with Crippen molar-refractivity contribution in [2.45, 2.75) is 34.1 Å². The second-order valence-electron chi connectivity index (χ2n) is 7.27. The molecule has 0 aliphatic rings. The molecule has 0 aliphatic carbocycles. The summed E-state index contributed by atoms with van der Waals surface area (Å²) in [6, 6.07) is 19.6. The first-order chi connectivity index (χ1) is 15.0. The molecule has 1 amide bonds. The Balaban J connectivity index is 1.87. The first-order valence-electron chi connectivity index (χ1n) is 10.4. The van der Waals surface area contributed by atoms with Crippen molar-refractivity contribution < 1.29 is 9.53 Å². The van der Waals surface area contributed by atoms with Crippen molar-refractivity contribution in [3.05, 3.63) is 82.7 Å². The molecule has 1 N–H and O–H groups in total. The maximum atomic E-state index is 12.7. The van der Waals surface area contributed by atoms with Gasteiger partial charge in [0.25, 0.3) is 5.91 Å². The Morgan fingerprint density at radius 2 is 1.87 bits per heavy atom. The van der Waals surface area contributed by atoms with Crippen LogP contribution in [0.1, 0.15) is 36.4 Å². The second-order valence-corrected chi connectivity index (χ2v) is 7.27. The molecule has 2 aromatic carbocycles. The molecule has 158 valence electrons. The van der Waals surface area contributed by atoms with E-state index in [1.54, 1.807) is 24.3 Å². The average Bonchev–Trinajstić information content (AvgIpc) is 3.05. The minimum absolute atomic E-state index is 0.0448. The molecule has 0 saturated carbocycles. The van der Waals surface area contributed by atoms with Crippen LogP contribution < -0.4 is 10.1 Å². The Labute approximate surface area is 183 Å². The summed E-state index contributed by atoms with van der Waals surface area (Å²) < 4.78 is 7.59. The van der Waals surface area contributed by atoms with E-state index >= 15 is 0 Å². The Morgan fingerprint density at radius 1 is 1.13 bits per heavy atom. The Bertz CT molecular complexity index is 1150. The fourth-order valence-electron chi connectivity index (χ4n) is 3.54.